The van der Waals surface area contributed by atoms with Gasteiger partial charge in [-0.05, 0) is 18.2 Å². The summed E-state index contributed by atoms with van der Waals surface area (Å²) in [6.45, 7) is -0.319. The maximum atomic E-state index is 13.3. The van der Waals surface area contributed by atoms with E-state index in [9.17, 15) is 9.18 Å². The van der Waals surface area contributed by atoms with Gasteiger partial charge in [0.05, 0.1) is 17.4 Å². The van der Waals surface area contributed by atoms with Crippen molar-refractivity contribution in [3.05, 3.63) is 54.1 Å². The first-order valence-corrected chi connectivity index (χ1v) is 5.72. The van der Waals surface area contributed by atoms with E-state index >= 15 is 0 Å². The van der Waals surface area contributed by atoms with E-state index in [1.165, 1.54) is 12.3 Å². The van der Waals surface area contributed by atoms with Crippen LogP contribution < -0.4 is 10.1 Å². The number of aromatic nitrogens is 1. The molecule has 5 nitrogen and oxygen atoms in total. The van der Waals surface area contributed by atoms with Crippen LogP contribution in [0.1, 0.15) is 5.56 Å². The Morgan fingerprint density at radius 2 is 2.20 bits per heavy atom. The van der Waals surface area contributed by atoms with Crippen molar-refractivity contribution >= 4 is 11.6 Å². The van der Waals surface area contributed by atoms with Crippen molar-refractivity contribution in [1.29, 1.82) is 5.26 Å². The molecule has 100 valence electrons. The van der Waals surface area contributed by atoms with Gasteiger partial charge in [-0.15, -0.1) is 0 Å². The summed E-state index contributed by atoms with van der Waals surface area (Å²) in [5, 5.41) is 11.2. The van der Waals surface area contributed by atoms with Gasteiger partial charge < -0.3 is 10.1 Å². The molecule has 1 aromatic carbocycles. The first kappa shape index (κ1) is 13.5. The molecular weight excluding hydrogens is 261 g/mol. The molecule has 0 unspecified atom stereocenters. The van der Waals surface area contributed by atoms with Crippen LogP contribution in [0.15, 0.2) is 42.7 Å². The smallest absolute Gasteiger partial charge is 0.262 e. The van der Waals surface area contributed by atoms with Gasteiger partial charge in [-0.3, -0.25) is 9.78 Å². The topological polar surface area (TPSA) is 75.0 Å². The van der Waals surface area contributed by atoms with E-state index in [2.05, 4.69) is 10.3 Å². The van der Waals surface area contributed by atoms with Gasteiger partial charge >= 0.3 is 0 Å². The summed E-state index contributed by atoms with van der Waals surface area (Å²) in [5.41, 5.74) is 0.359. The van der Waals surface area contributed by atoms with Crippen LogP contribution in [-0.4, -0.2) is 17.5 Å². The minimum absolute atomic E-state index is 0.0298. The van der Waals surface area contributed by atoms with E-state index in [4.69, 9.17) is 10.00 Å². The third kappa shape index (κ3) is 3.29. The highest BCUT2D eigenvalue weighted by molar-refractivity contribution is 5.91. The molecule has 2 rings (SSSR count). The van der Waals surface area contributed by atoms with Gasteiger partial charge in [0.15, 0.2) is 12.4 Å². The van der Waals surface area contributed by atoms with Gasteiger partial charge in [0.2, 0.25) is 0 Å². The minimum atomic E-state index is -0.627. The van der Waals surface area contributed by atoms with Crippen molar-refractivity contribution in [3.63, 3.8) is 0 Å². The van der Waals surface area contributed by atoms with Gasteiger partial charge in [-0.1, -0.05) is 12.1 Å². The number of anilines is 1. The zero-order chi connectivity index (χ0) is 14.4. The molecule has 2 aromatic rings. The minimum Gasteiger partial charge on any atom is -0.482 e. The van der Waals surface area contributed by atoms with Crippen LogP contribution >= 0.6 is 0 Å². The van der Waals surface area contributed by atoms with Crippen LogP contribution in [0.3, 0.4) is 0 Å². The lowest BCUT2D eigenvalue weighted by Gasteiger charge is -2.08. The Kier molecular flexibility index (Phi) is 4.24. The zero-order valence-corrected chi connectivity index (χ0v) is 10.3. The number of halogens is 1. The molecule has 1 aromatic heterocycles. The molecule has 20 heavy (non-hydrogen) atoms. The number of hydrogen-bond acceptors (Lipinski definition) is 4. The molecule has 0 fully saturated rings. The number of rotatable bonds is 4. The molecule has 0 spiro atoms. The zero-order valence-electron chi connectivity index (χ0n) is 10.3. The predicted molar refractivity (Wildman–Crippen MR) is 69.5 cm³/mol. The van der Waals surface area contributed by atoms with Crippen molar-refractivity contribution in [3.8, 4) is 11.8 Å². The maximum Gasteiger partial charge on any atom is 0.262 e. The third-order valence-electron chi connectivity index (χ3n) is 2.41. The number of nitrogens with one attached hydrogen (secondary N) is 1. The number of benzene rings is 1. The number of hydrogen-bond donors (Lipinski definition) is 1. The van der Waals surface area contributed by atoms with Crippen LogP contribution in [0.5, 0.6) is 5.75 Å². The van der Waals surface area contributed by atoms with E-state index in [1.807, 2.05) is 6.07 Å². The van der Waals surface area contributed by atoms with Crippen LogP contribution in [0.2, 0.25) is 0 Å². The fourth-order valence-electron chi connectivity index (χ4n) is 1.49. The molecule has 0 aliphatic carbocycles. The summed E-state index contributed by atoms with van der Waals surface area (Å²) in [5.74, 6) is -0.846. The molecular formula is C14H10FN3O2. The average molecular weight is 271 g/mol. The lowest BCUT2D eigenvalue weighted by atomic mass is 10.2. The highest BCUT2D eigenvalue weighted by atomic mass is 19.1. The first-order chi connectivity index (χ1) is 9.70. The standard InChI is InChI=1S/C14H10FN3O2/c15-11-8-17-6-5-12(11)18-14(19)9-20-13-4-2-1-3-10(13)7-16/h1-6,8H,9H2,(H,17,18,19). The number of carbonyl (C=O) groups is 1. The molecule has 0 radical (unpaired) electrons. The molecule has 0 atom stereocenters. The van der Waals surface area contributed by atoms with Gasteiger partial charge in [0, 0.05) is 6.20 Å². The highest BCUT2D eigenvalue weighted by Crippen LogP contribution is 2.16. The van der Waals surface area contributed by atoms with E-state index in [0.717, 1.165) is 6.20 Å². The van der Waals surface area contributed by atoms with Crippen molar-refractivity contribution in [2.24, 2.45) is 0 Å². The van der Waals surface area contributed by atoms with Gasteiger partial charge in [-0.2, -0.15) is 5.26 Å². The number of para-hydroxylation sites is 1. The second-order valence-electron chi connectivity index (χ2n) is 3.80. The Morgan fingerprint density at radius 1 is 1.40 bits per heavy atom. The maximum absolute atomic E-state index is 13.3. The molecule has 0 saturated heterocycles. The second kappa shape index (κ2) is 6.29. The monoisotopic (exact) mass is 271 g/mol. The summed E-state index contributed by atoms with van der Waals surface area (Å²) in [7, 11) is 0. The number of pyridine rings is 1. The molecule has 1 N–H and O–H groups in total. The van der Waals surface area contributed by atoms with Crippen LogP contribution in [0.4, 0.5) is 10.1 Å². The normalized spacial score (nSPS) is 9.60. The fraction of sp³-hybridized carbons (Fsp3) is 0.0714. The van der Waals surface area contributed by atoms with E-state index in [0.29, 0.717) is 11.3 Å². The number of carbonyl (C=O) groups excluding carboxylic acids is 1. The summed E-state index contributed by atoms with van der Waals surface area (Å²) >= 11 is 0. The molecule has 1 heterocycles. The van der Waals surface area contributed by atoms with Crippen molar-refractivity contribution in [2.45, 2.75) is 0 Å². The van der Waals surface area contributed by atoms with Crippen molar-refractivity contribution in [2.75, 3.05) is 11.9 Å². The Balaban J connectivity index is 1.96. The second-order valence-corrected chi connectivity index (χ2v) is 3.80. The van der Waals surface area contributed by atoms with Gasteiger partial charge in [0.25, 0.3) is 5.91 Å². The molecule has 0 bridgehead atoms. The lowest BCUT2D eigenvalue weighted by Crippen LogP contribution is -2.21. The third-order valence-corrected chi connectivity index (χ3v) is 2.41. The number of ether oxygens (including phenoxy) is 1. The summed E-state index contributed by atoms with van der Waals surface area (Å²) < 4.78 is 18.5. The van der Waals surface area contributed by atoms with E-state index in [1.54, 1.807) is 24.3 Å². The quantitative estimate of drug-likeness (QED) is 0.924. The van der Waals surface area contributed by atoms with Crippen LogP contribution in [0.25, 0.3) is 0 Å². The lowest BCUT2D eigenvalue weighted by molar-refractivity contribution is -0.118. The van der Waals surface area contributed by atoms with Crippen LogP contribution in [-0.2, 0) is 4.79 Å². The fourth-order valence-corrected chi connectivity index (χ4v) is 1.49. The van der Waals surface area contributed by atoms with Crippen LogP contribution in [0, 0.1) is 17.1 Å². The first-order valence-electron chi connectivity index (χ1n) is 5.72. The molecule has 0 aliphatic heterocycles. The largest absolute Gasteiger partial charge is 0.482 e. The number of amides is 1. The van der Waals surface area contributed by atoms with Crippen molar-refractivity contribution < 1.29 is 13.9 Å². The summed E-state index contributed by atoms with van der Waals surface area (Å²) in [4.78, 5) is 15.2. The molecule has 0 saturated carbocycles. The highest BCUT2D eigenvalue weighted by Gasteiger charge is 2.09. The van der Waals surface area contributed by atoms with E-state index in [-0.39, 0.29) is 12.3 Å². The SMILES string of the molecule is N#Cc1ccccc1OCC(=O)Nc1ccncc1F. The molecule has 0 aliphatic rings. The predicted octanol–water partition coefficient (Wildman–Crippen LogP) is 2.11. The number of nitrogens with zero attached hydrogens (tertiary/aromatic N) is 2. The average Bonchev–Trinajstić information content (AvgIpc) is 2.48. The van der Waals surface area contributed by atoms with E-state index < -0.39 is 11.7 Å². The Labute approximate surface area is 114 Å². The van der Waals surface area contributed by atoms with Crippen molar-refractivity contribution in [1.82, 2.24) is 4.98 Å². The van der Waals surface area contributed by atoms with Gasteiger partial charge in [-0.25, -0.2) is 4.39 Å². The Hall–Kier alpha value is -2.94. The Bertz CT molecular complexity index is 667. The summed E-state index contributed by atoms with van der Waals surface area (Å²) in [6.07, 6.45) is 2.37. The Morgan fingerprint density at radius 3 is 2.95 bits per heavy atom. The number of nitriles is 1. The molecule has 6 heteroatoms. The molecule has 1 amide bonds. The summed E-state index contributed by atoms with van der Waals surface area (Å²) in [6, 6.07) is 9.84. The van der Waals surface area contributed by atoms with Gasteiger partial charge in [0.1, 0.15) is 11.8 Å².